The van der Waals surface area contributed by atoms with Gasteiger partial charge in [0.2, 0.25) is 0 Å². The standard InChI is InChI=1S/C12H11N3O2/c16-11-2-1-9(12(17)7-11)8-14-15-10-3-5-13-6-4-10/h1-8,16-17H,(H,13,15). The maximum Gasteiger partial charge on any atom is 0.128 e. The van der Waals surface area contributed by atoms with Gasteiger partial charge in [-0.2, -0.15) is 5.10 Å². The van der Waals surface area contributed by atoms with Crippen LogP contribution < -0.4 is 5.43 Å². The highest BCUT2D eigenvalue weighted by Gasteiger charge is 1.98. The molecule has 0 aliphatic heterocycles. The molecule has 0 amide bonds. The highest BCUT2D eigenvalue weighted by molar-refractivity contribution is 5.84. The van der Waals surface area contributed by atoms with Gasteiger partial charge < -0.3 is 10.2 Å². The van der Waals surface area contributed by atoms with Crippen molar-refractivity contribution < 1.29 is 10.2 Å². The monoisotopic (exact) mass is 229 g/mol. The molecule has 0 saturated carbocycles. The van der Waals surface area contributed by atoms with E-state index in [4.69, 9.17) is 5.11 Å². The lowest BCUT2D eigenvalue weighted by Crippen LogP contribution is -1.90. The molecule has 0 fully saturated rings. The zero-order valence-corrected chi connectivity index (χ0v) is 8.91. The Hall–Kier alpha value is -2.56. The van der Waals surface area contributed by atoms with Gasteiger partial charge in [-0.1, -0.05) is 0 Å². The summed E-state index contributed by atoms with van der Waals surface area (Å²) in [6.07, 6.45) is 4.76. The van der Waals surface area contributed by atoms with Crippen LogP contribution in [-0.4, -0.2) is 21.4 Å². The molecule has 5 heteroatoms. The Morgan fingerprint density at radius 3 is 2.59 bits per heavy atom. The van der Waals surface area contributed by atoms with Crippen molar-refractivity contribution >= 4 is 11.9 Å². The van der Waals surface area contributed by atoms with Crippen molar-refractivity contribution in [2.75, 3.05) is 5.43 Å². The summed E-state index contributed by atoms with van der Waals surface area (Å²) in [5.74, 6) is -0.00739. The number of aromatic hydroxyl groups is 2. The van der Waals surface area contributed by atoms with Gasteiger partial charge in [-0.05, 0) is 24.3 Å². The van der Waals surface area contributed by atoms with Gasteiger partial charge in [-0.3, -0.25) is 10.4 Å². The van der Waals surface area contributed by atoms with E-state index in [2.05, 4.69) is 15.5 Å². The Kier molecular flexibility index (Phi) is 3.20. The summed E-state index contributed by atoms with van der Waals surface area (Å²) in [5.41, 5.74) is 4.11. The Morgan fingerprint density at radius 2 is 1.88 bits per heavy atom. The minimum absolute atomic E-state index is 0.0155. The third-order valence-corrected chi connectivity index (χ3v) is 2.09. The first-order valence-electron chi connectivity index (χ1n) is 4.97. The summed E-state index contributed by atoms with van der Waals surface area (Å²) in [7, 11) is 0. The van der Waals surface area contributed by atoms with E-state index in [1.54, 1.807) is 30.6 Å². The molecule has 2 rings (SSSR count). The Morgan fingerprint density at radius 1 is 1.12 bits per heavy atom. The van der Waals surface area contributed by atoms with Crippen molar-refractivity contribution in [1.29, 1.82) is 0 Å². The van der Waals surface area contributed by atoms with Crippen LogP contribution in [0.15, 0.2) is 47.8 Å². The number of rotatable bonds is 3. The molecule has 0 radical (unpaired) electrons. The van der Waals surface area contributed by atoms with Gasteiger partial charge in [0.25, 0.3) is 0 Å². The van der Waals surface area contributed by atoms with E-state index in [1.807, 2.05) is 0 Å². The molecule has 5 nitrogen and oxygen atoms in total. The maximum absolute atomic E-state index is 9.50. The van der Waals surface area contributed by atoms with Crippen molar-refractivity contribution in [1.82, 2.24) is 4.98 Å². The summed E-state index contributed by atoms with van der Waals surface area (Å²) >= 11 is 0. The predicted octanol–water partition coefficient (Wildman–Crippen LogP) is 1.94. The minimum Gasteiger partial charge on any atom is -0.508 e. The molecule has 0 aliphatic rings. The van der Waals surface area contributed by atoms with Gasteiger partial charge in [0.05, 0.1) is 11.9 Å². The molecule has 1 heterocycles. The number of hydrazone groups is 1. The molecule has 2 aromatic rings. The van der Waals surface area contributed by atoms with Gasteiger partial charge in [-0.25, -0.2) is 0 Å². The first-order valence-corrected chi connectivity index (χ1v) is 4.97. The van der Waals surface area contributed by atoms with Gasteiger partial charge >= 0.3 is 0 Å². The topological polar surface area (TPSA) is 77.7 Å². The van der Waals surface area contributed by atoms with E-state index < -0.39 is 0 Å². The number of hydrogen-bond acceptors (Lipinski definition) is 5. The van der Waals surface area contributed by atoms with Crippen molar-refractivity contribution in [2.45, 2.75) is 0 Å². The summed E-state index contributed by atoms with van der Waals surface area (Å²) < 4.78 is 0. The lowest BCUT2D eigenvalue weighted by Gasteiger charge is -2.00. The van der Waals surface area contributed by atoms with E-state index in [0.29, 0.717) is 5.56 Å². The fourth-order valence-electron chi connectivity index (χ4n) is 1.24. The summed E-state index contributed by atoms with van der Waals surface area (Å²) in [6.45, 7) is 0. The second kappa shape index (κ2) is 4.98. The van der Waals surface area contributed by atoms with Crippen molar-refractivity contribution in [3.8, 4) is 11.5 Å². The number of phenolic OH excluding ortho intramolecular Hbond substituents is 2. The van der Waals surface area contributed by atoms with E-state index >= 15 is 0 Å². The second-order valence-electron chi connectivity index (χ2n) is 3.35. The van der Waals surface area contributed by atoms with Gasteiger partial charge in [0.1, 0.15) is 11.5 Å². The first-order chi connectivity index (χ1) is 8.25. The smallest absolute Gasteiger partial charge is 0.128 e. The summed E-state index contributed by atoms with van der Waals surface area (Å²) in [5, 5.41) is 22.6. The van der Waals surface area contributed by atoms with E-state index in [-0.39, 0.29) is 11.5 Å². The molecule has 0 atom stereocenters. The van der Waals surface area contributed by atoms with Crippen LogP contribution in [0.25, 0.3) is 0 Å². The first kappa shape index (κ1) is 10.9. The Labute approximate surface area is 98.1 Å². The van der Waals surface area contributed by atoms with Crippen LogP contribution in [0, 0.1) is 0 Å². The Balaban J connectivity index is 2.06. The second-order valence-corrected chi connectivity index (χ2v) is 3.35. The highest BCUT2D eigenvalue weighted by atomic mass is 16.3. The fourth-order valence-corrected chi connectivity index (χ4v) is 1.24. The van der Waals surface area contributed by atoms with Gasteiger partial charge in [-0.15, -0.1) is 0 Å². The number of nitrogens with zero attached hydrogens (tertiary/aromatic N) is 2. The molecule has 1 aromatic carbocycles. The molecule has 0 saturated heterocycles. The average molecular weight is 229 g/mol. The van der Waals surface area contributed by atoms with Crippen LogP contribution in [0.1, 0.15) is 5.56 Å². The molecule has 3 N–H and O–H groups in total. The number of phenols is 2. The van der Waals surface area contributed by atoms with E-state index in [1.165, 1.54) is 18.3 Å². The number of aromatic nitrogens is 1. The van der Waals surface area contributed by atoms with Crippen LogP contribution in [0.5, 0.6) is 11.5 Å². The van der Waals surface area contributed by atoms with Crippen LogP contribution in [0.4, 0.5) is 5.69 Å². The Bertz CT molecular complexity index is 527. The van der Waals surface area contributed by atoms with E-state index in [9.17, 15) is 5.11 Å². The van der Waals surface area contributed by atoms with Gasteiger partial charge in [0, 0.05) is 24.0 Å². The molecule has 0 aliphatic carbocycles. The third kappa shape index (κ3) is 2.94. The zero-order valence-electron chi connectivity index (χ0n) is 8.91. The van der Waals surface area contributed by atoms with Crippen LogP contribution in [0.3, 0.4) is 0 Å². The maximum atomic E-state index is 9.50. The highest BCUT2D eigenvalue weighted by Crippen LogP contribution is 2.20. The molecule has 86 valence electrons. The molecule has 0 unspecified atom stereocenters. The number of benzene rings is 1. The molecule has 1 aromatic heterocycles. The number of anilines is 1. The zero-order chi connectivity index (χ0) is 12.1. The molecular weight excluding hydrogens is 218 g/mol. The van der Waals surface area contributed by atoms with Gasteiger partial charge in [0.15, 0.2) is 0 Å². The quantitative estimate of drug-likeness (QED) is 0.555. The fraction of sp³-hybridized carbons (Fsp3) is 0. The van der Waals surface area contributed by atoms with E-state index in [0.717, 1.165) is 5.69 Å². The summed E-state index contributed by atoms with van der Waals surface area (Å²) in [6, 6.07) is 7.85. The van der Waals surface area contributed by atoms with Crippen LogP contribution in [0.2, 0.25) is 0 Å². The van der Waals surface area contributed by atoms with Crippen LogP contribution >= 0.6 is 0 Å². The van der Waals surface area contributed by atoms with Crippen molar-refractivity contribution in [2.24, 2.45) is 5.10 Å². The summed E-state index contributed by atoms with van der Waals surface area (Å²) in [4.78, 5) is 3.88. The average Bonchev–Trinajstić information content (AvgIpc) is 2.33. The number of hydrogen-bond donors (Lipinski definition) is 3. The lowest BCUT2D eigenvalue weighted by molar-refractivity contribution is 0.450. The third-order valence-electron chi connectivity index (χ3n) is 2.09. The molecule has 17 heavy (non-hydrogen) atoms. The minimum atomic E-state index is -0.0229. The van der Waals surface area contributed by atoms with Crippen molar-refractivity contribution in [3.05, 3.63) is 48.3 Å². The predicted molar refractivity (Wildman–Crippen MR) is 65.2 cm³/mol. The molecule has 0 spiro atoms. The SMILES string of the molecule is Oc1ccc(C=NNc2ccncc2)c(O)c1. The number of nitrogens with one attached hydrogen (secondary N) is 1. The molecular formula is C12H11N3O2. The normalized spacial score (nSPS) is 10.6. The lowest BCUT2D eigenvalue weighted by atomic mass is 10.2. The van der Waals surface area contributed by atoms with Crippen molar-refractivity contribution in [3.63, 3.8) is 0 Å². The van der Waals surface area contributed by atoms with Crippen LogP contribution in [-0.2, 0) is 0 Å². The largest absolute Gasteiger partial charge is 0.508 e. The molecule has 0 bridgehead atoms. The number of pyridine rings is 1.